The zero-order valence-corrected chi connectivity index (χ0v) is 23.6. The number of carbonyl (C=O) groups is 1. The number of amides is 1. The third-order valence-electron chi connectivity index (χ3n) is 7.95. The molecule has 1 aromatic carbocycles. The Morgan fingerprint density at radius 1 is 1.19 bits per heavy atom. The number of hydrogen-bond donors (Lipinski definition) is 1. The van der Waals surface area contributed by atoms with Gasteiger partial charge in [-0.2, -0.15) is 0 Å². The lowest BCUT2D eigenvalue weighted by molar-refractivity contribution is 0.123. The van der Waals surface area contributed by atoms with E-state index in [0.29, 0.717) is 32.2 Å². The first-order valence-electron chi connectivity index (χ1n) is 13.1. The third-order valence-corrected chi connectivity index (χ3v) is 12.4. The molecule has 0 atom stereocenters. The predicted octanol–water partition coefficient (Wildman–Crippen LogP) is 6.65. The molecule has 8 nitrogen and oxygen atoms in total. The van der Waals surface area contributed by atoms with Gasteiger partial charge in [0.25, 0.3) is 0 Å². The molecule has 0 unspecified atom stereocenters. The molecule has 0 aliphatic carbocycles. The fraction of sp³-hybridized carbons (Fsp3) is 0.536. The Hall–Kier alpha value is -2.91. The van der Waals surface area contributed by atoms with E-state index in [1.807, 2.05) is 24.3 Å². The molecule has 4 rings (SSSR count). The van der Waals surface area contributed by atoms with Gasteiger partial charge in [-0.15, -0.1) is 0 Å². The van der Waals surface area contributed by atoms with Crippen LogP contribution < -0.4 is 4.74 Å². The molecule has 3 aromatic rings. The minimum atomic E-state index is -2.00. The van der Waals surface area contributed by atoms with Crippen LogP contribution in [-0.2, 0) is 24.1 Å². The zero-order valence-electron chi connectivity index (χ0n) is 22.6. The van der Waals surface area contributed by atoms with Crippen molar-refractivity contribution in [3.8, 4) is 5.75 Å². The van der Waals surface area contributed by atoms with Gasteiger partial charge in [-0.05, 0) is 67.9 Å². The van der Waals surface area contributed by atoms with Crippen LogP contribution in [0.3, 0.4) is 0 Å². The van der Waals surface area contributed by atoms with Gasteiger partial charge in [0.1, 0.15) is 12.4 Å². The number of ether oxygens (including phenoxy) is 1. The number of piperidine rings is 1. The highest BCUT2D eigenvalue weighted by Gasteiger charge is 2.37. The minimum Gasteiger partial charge on any atom is -0.488 e. The first-order valence-corrected chi connectivity index (χ1v) is 16.0. The monoisotopic (exact) mass is 525 g/mol. The first kappa shape index (κ1) is 27.1. The first-order chi connectivity index (χ1) is 17.5. The van der Waals surface area contributed by atoms with E-state index in [4.69, 9.17) is 13.7 Å². The van der Waals surface area contributed by atoms with E-state index in [1.54, 1.807) is 12.4 Å². The van der Waals surface area contributed by atoms with Crippen molar-refractivity contribution < 1.29 is 23.6 Å². The van der Waals surface area contributed by atoms with Crippen molar-refractivity contribution in [2.75, 3.05) is 13.1 Å². The number of pyridine rings is 1. The second-order valence-electron chi connectivity index (χ2n) is 11.5. The van der Waals surface area contributed by atoms with E-state index < -0.39 is 14.4 Å². The predicted molar refractivity (Wildman–Crippen MR) is 145 cm³/mol. The lowest BCUT2D eigenvalue weighted by Gasteiger charge is -2.36. The van der Waals surface area contributed by atoms with E-state index in [0.717, 1.165) is 59.2 Å². The number of carboxylic acid groups (broad SMARTS) is 1. The summed E-state index contributed by atoms with van der Waals surface area (Å²) in [5.41, 5.74) is 3.53. The summed E-state index contributed by atoms with van der Waals surface area (Å²) in [6.07, 6.45) is 6.26. The van der Waals surface area contributed by atoms with Gasteiger partial charge in [-0.1, -0.05) is 32.0 Å². The normalized spacial score (nSPS) is 15.3. The van der Waals surface area contributed by atoms with Gasteiger partial charge in [0.2, 0.25) is 0 Å². The molecule has 1 aliphatic rings. The van der Waals surface area contributed by atoms with Crippen LogP contribution in [0, 0.1) is 5.92 Å². The van der Waals surface area contributed by atoms with Crippen molar-refractivity contribution in [1.29, 1.82) is 0 Å². The molecule has 1 N–H and O–H groups in total. The molecule has 3 heterocycles. The SMILES string of the molecule is CC(C)(C)[Si](C)(C)OCc1c(OCc2cccnc2)ccc2c(CCC3CCN(C(=O)O)CC3)noc12. The molecule has 0 spiro atoms. The molecule has 1 amide bonds. The van der Waals surface area contributed by atoms with Crippen molar-refractivity contribution in [3.63, 3.8) is 0 Å². The summed E-state index contributed by atoms with van der Waals surface area (Å²) >= 11 is 0. The van der Waals surface area contributed by atoms with Gasteiger partial charge in [-0.25, -0.2) is 4.79 Å². The number of aromatic nitrogens is 2. The van der Waals surface area contributed by atoms with Crippen LogP contribution in [0.25, 0.3) is 11.0 Å². The summed E-state index contributed by atoms with van der Waals surface area (Å²) in [7, 11) is -2.00. The number of fused-ring (bicyclic) bond motifs is 1. The van der Waals surface area contributed by atoms with Crippen LogP contribution in [-0.4, -0.2) is 47.6 Å². The maximum Gasteiger partial charge on any atom is 0.407 e. The van der Waals surface area contributed by atoms with Gasteiger partial charge < -0.3 is 23.7 Å². The lowest BCUT2D eigenvalue weighted by Crippen LogP contribution is -2.40. The van der Waals surface area contributed by atoms with Gasteiger partial charge in [0.15, 0.2) is 13.9 Å². The fourth-order valence-corrected chi connectivity index (χ4v) is 5.35. The van der Waals surface area contributed by atoms with Crippen molar-refractivity contribution in [2.24, 2.45) is 5.92 Å². The van der Waals surface area contributed by atoms with Crippen molar-refractivity contribution in [3.05, 3.63) is 53.5 Å². The second kappa shape index (κ2) is 11.2. The Balaban J connectivity index is 1.53. The topological polar surface area (TPSA) is 97.9 Å². The van der Waals surface area contributed by atoms with Gasteiger partial charge in [0, 0.05) is 36.4 Å². The maximum absolute atomic E-state index is 11.2. The number of hydrogen-bond acceptors (Lipinski definition) is 6. The molecule has 9 heteroatoms. The Morgan fingerprint density at radius 2 is 1.95 bits per heavy atom. The molecular formula is C28H39N3O5Si. The molecule has 200 valence electrons. The largest absolute Gasteiger partial charge is 0.488 e. The van der Waals surface area contributed by atoms with Gasteiger partial charge in [0.05, 0.1) is 17.9 Å². The van der Waals surface area contributed by atoms with E-state index in [1.165, 1.54) is 4.90 Å². The molecule has 0 saturated carbocycles. The van der Waals surface area contributed by atoms with Crippen molar-refractivity contribution in [2.45, 2.75) is 77.8 Å². The van der Waals surface area contributed by atoms with Crippen molar-refractivity contribution in [1.82, 2.24) is 15.0 Å². The second-order valence-corrected chi connectivity index (χ2v) is 16.3. The summed E-state index contributed by atoms with van der Waals surface area (Å²) < 4.78 is 18.7. The standard InChI is InChI=1S/C28H39N3O5Si/c1-28(2,3)37(4,5)35-19-23-25(34-18-21-7-6-14-29-17-21)11-9-22-24(30-36-26(22)23)10-8-20-12-15-31(16-13-20)27(32)33/h6-7,9,11,14,17,20H,8,10,12-13,15-16,18-19H2,1-5H3,(H,32,33). The number of aryl methyl sites for hydroxylation is 1. The van der Waals surface area contributed by atoms with E-state index >= 15 is 0 Å². The van der Waals surface area contributed by atoms with E-state index in [2.05, 4.69) is 44.0 Å². The van der Waals surface area contributed by atoms with E-state index in [9.17, 15) is 9.90 Å². The van der Waals surface area contributed by atoms with Crippen LogP contribution in [0.15, 0.2) is 41.2 Å². The van der Waals surface area contributed by atoms with E-state index in [-0.39, 0.29) is 5.04 Å². The lowest BCUT2D eigenvalue weighted by atomic mass is 9.91. The quantitative estimate of drug-likeness (QED) is 0.312. The molecule has 37 heavy (non-hydrogen) atoms. The highest BCUT2D eigenvalue weighted by molar-refractivity contribution is 6.74. The highest BCUT2D eigenvalue weighted by Crippen LogP contribution is 2.39. The smallest absolute Gasteiger partial charge is 0.407 e. The maximum atomic E-state index is 11.2. The summed E-state index contributed by atoms with van der Waals surface area (Å²) in [4.78, 5) is 16.9. The molecule has 0 bridgehead atoms. The Bertz CT molecular complexity index is 1200. The van der Waals surface area contributed by atoms with Gasteiger partial charge in [-0.3, -0.25) is 4.98 Å². The summed E-state index contributed by atoms with van der Waals surface area (Å²) in [6, 6.07) is 7.92. The molecule has 2 aromatic heterocycles. The molecule has 1 aliphatic heterocycles. The van der Waals surface area contributed by atoms with Crippen LogP contribution in [0.5, 0.6) is 5.75 Å². The number of nitrogens with zero attached hydrogens (tertiary/aromatic N) is 3. The fourth-order valence-electron chi connectivity index (χ4n) is 4.41. The molecular weight excluding hydrogens is 486 g/mol. The van der Waals surface area contributed by atoms with Crippen LogP contribution in [0.2, 0.25) is 18.1 Å². The summed E-state index contributed by atoms with van der Waals surface area (Å²) in [5.74, 6) is 1.23. The average Bonchev–Trinajstić information content (AvgIpc) is 3.28. The third kappa shape index (κ3) is 6.51. The zero-order chi connectivity index (χ0) is 26.6. The Kier molecular flexibility index (Phi) is 8.23. The average molecular weight is 526 g/mol. The van der Waals surface area contributed by atoms with Crippen molar-refractivity contribution >= 4 is 25.4 Å². The number of likely N-dealkylation sites (tertiary alicyclic amines) is 1. The molecule has 0 radical (unpaired) electrons. The number of rotatable bonds is 9. The number of benzene rings is 1. The summed E-state index contributed by atoms with van der Waals surface area (Å²) in [5, 5.41) is 14.7. The summed E-state index contributed by atoms with van der Waals surface area (Å²) in [6.45, 7) is 13.2. The van der Waals surface area contributed by atoms with Crippen LogP contribution in [0.4, 0.5) is 4.79 Å². The Labute approximate surface area is 220 Å². The van der Waals surface area contributed by atoms with Crippen LogP contribution in [0.1, 0.15) is 56.9 Å². The highest BCUT2D eigenvalue weighted by atomic mass is 28.4. The Morgan fingerprint density at radius 3 is 2.59 bits per heavy atom. The van der Waals surface area contributed by atoms with Crippen LogP contribution >= 0.6 is 0 Å². The minimum absolute atomic E-state index is 0.0837. The molecule has 1 fully saturated rings. The molecule has 1 saturated heterocycles. The van der Waals surface area contributed by atoms with Gasteiger partial charge >= 0.3 is 6.09 Å².